The highest BCUT2D eigenvalue weighted by Gasteiger charge is 2.19. The third kappa shape index (κ3) is 2.10. The molecule has 112 valence electrons. The Bertz CT molecular complexity index is 875. The van der Waals surface area contributed by atoms with Crippen molar-refractivity contribution in [3.8, 4) is 11.4 Å². The topological polar surface area (TPSA) is 31.2 Å². The van der Waals surface area contributed by atoms with Crippen molar-refractivity contribution in [2.75, 3.05) is 7.11 Å². The van der Waals surface area contributed by atoms with E-state index >= 15 is 0 Å². The lowest BCUT2D eigenvalue weighted by molar-refractivity contribution is 0.101. The number of methoxy groups -OCH3 is 1. The molecule has 0 spiro atoms. The summed E-state index contributed by atoms with van der Waals surface area (Å²) < 4.78 is 7.47. The number of Topliss-reactive ketones (excluding diaryl/α,β-unsaturated/α-hetero) is 1. The number of para-hydroxylation sites is 1. The van der Waals surface area contributed by atoms with Gasteiger partial charge in [0.1, 0.15) is 5.75 Å². The minimum absolute atomic E-state index is 0.0723. The number of carbonyl (C=O) groups excluding carboxylic acids is 1. The summed E-state index contributed by atoms with van der Waals surface area (Å²) in [5, 5.41) is 0.938. The number of benzene rings is 2. The molecule has 0 aliphatic heterocycles. The van der Waals surface area contributed by atoms with Crippen molar-refractivity contribution in [2.45, 2.75) is 20.8 Å². The molecular formula is C19H19NO2. The largest absolute Gasteiger partial charge is 0.497 e. The van der Waals surface area contributed by atoms with Crippen molar-refractivity contribution < 1.29 is 9.53 Å². The van der Waals surface area contributed by atoms with E-state index in [9.17, 15) is 4.79 Å². The third-order valence-electron chi connectivity index (χ3n) is 4.12. The van der Waals surface area contributed by atoms with Crippen LogP contribution < -0.4 is 4.74 Å². The molecule has 0 radical (unpaired) electrons. The van der Waals surface area contributed by atoms with Gasteiger partial charge in [-0.05, 0) is 50.6 Å². The van der Waals surface area contributed by atoms with Crippen molar-refractivity contribution in [3.63, 3.8) is 0 Å². The van der Waals surface area contributed by atoms with Crippen molar-refractivity contribution in [3.05, 3.63) is 59.3 Å². The molecule has 0 aliphatic rings. The van der Waals surface area contributed by atoms with E-state index in [0.717, 1.165) is 33.6 Å². The van der Waals surface area contributed by atoms with Crippen molar-refractivity contribution >= 4 is 16.7 Å². The molecule has 3 aromatic rings. The normalized spacial score (nSPS) is 10.9. The highest BCUT2D eigenvalue weighted by molar-refractivity contribution is 6.09. The molecule has 0 fully saturated rings. The molecule has 3 heteroatoms. The number of aromatic nitrogens is 1. The molecule has 0 bridgehead atoms. The Hall–Kier alpha value is -2.55. The zero-order valence-electron chi connectivity index (χ0n) is 13.3. The first-order chi connectivity index (χ1) is 10.5. The number of rotatable bonds is 3. The second-order valence-corrected chi connectivity index (χ2v) is 5.52. The van der Waals surface area contributed by atoms with Crippen LogP contribution in [0.25, 0.3) is 16.6 Å². The summed E-state index contributed by atoms with van der Waals surface area (Å²) in [4.78, 5) is 12.2. The van der Waals surface area contributed by atoms with E-state index in [1.54, 1.807) is 14.0 Å². The van der Waals surface area contributed by atoms with Gasteiger partial charge in [0.05, 0.1) is 12.6 Å². The predicted octanol–water partition coefficient (Wildman–Crippen LogP) is 4.46. The molecule has 0 unspecified atom stereocenters. The number of ketones is 1. The van der Waals surface area contributed by atoms with Crippen molar-refractivity contribution in [1.82, 2.24) is 4.57 Å². The number of hydrogen-bond donors (Lipinski definition) is 0. The summed E-state index contributed by atoms with van der Waals surface area (Å²) in [5.74, 6) is 0.833. The summed E-state index contributed by atoms with van der Waals surface area (Å²) in [7, 11) is 1.64. The Morgan fingerprint density at radius 2 is 1.82 bits per heavy atom. The number of carbonyl (C=O) groups is 1. The fourth-order valence-electron chi connectivity index (χ4n) is 3.09. The van der Waals surface area contributed by atoms with Crippen LogP contribution >= 0.6 is 0 Å². The molecule has 0 atom stereocenters. The molecule has 3 nitrogen and oxygen atoms in total. The molecule has 1 heterocycles. The van der Waals surface area contributed by atoms with Gasteiger partial charge in [-0.15, -0.1) is 0 Å². The average Bonchev–Trinajstić information content (AvgIpc) is 2.79. The van der Waals surface area contributed by atoms with Crippen LogP contribution in [-0.2, 0) is 0 Å². The van der Waals surface area contributed by atoms with Crippen LogP contribution in [0, 0.1) is 13.8 Å². The van der Waals surface area contributed by atoms with Crippen LogP contribution in [0.2, 0.25) is 0 Å². The van der Waals surface area contributed by atoms with Crippen molar-refractivity contribution in [1.29, 1.82) is 0 Å². The van der Waals surface area contributed by atoms with E-state index in [1.807, 2.05) is 37.3 Å². The molecule has 0 saturated heterocycles. The smallest absolute Gasteiger partial charge is 0.162 e. The molecule has 22 heavy (non-hydrogen) atoms. The van der Waals surface area contributed by atoms with Crippen LogP contribution in [0.5, 0.6) is 5.75 Å². The summed E-state index contributed by atoms with van der Waals surface area (Å²) in [6, 6.07) is 14.1. The van der Waals surface area contributed by atoms with Gasteiger partial charge in [0.2, 0.25) is 0 Å². The summed E-state index contributed by atoms with van der Waals surface area (Å²) in [6.07, 6.45) is 0. The quantitative estimate of drug-likeness (QED) is 0.668. The van der Waals surface area contributed by atoms with E-state index in [1.165, 1.54) is 5.56 Å². The van der Waals surface area contributed by atoms with E-state index in [-0.39, 0.29) is 5.78 Å². The lowest BCUT2D eigenvalue weighted by Gasteiger charge is -2.11. The maximum absolute atomic E-state index is 12.2. The van der Waals surface area contributed by atoms with Gasteiger partial charge in [-0.1, -0.05) is 18.2 Å². The van der Waals surface area contributed by atoms with Crippen molar-refractivity contribution in [2.24, 2.45) is 0 Å². The Morgan fingerprint density at radius 1 is 1.09 bits per heavy atom. The van der Waals surface area contributed by atoms with Gasteiger partial charge in [0.15, 0.2) is 5.78 Å². The number of ether oxygens (including phenoxy) is 1. The Balaban J connectivity index is 2.43. The zero-order chi connectivity index (χ0) is 15.9. The minimum atomic E-state index is 0.0723. The molecular weight excluding hydrogens is 274 g/mol. The van der Waals surface area contributed by atoms with Gasteiger partial charge in [-0.25, -0.2) is 0 Å². The van der Waals surface area contributed by atoms with E-state index < -0.39 is 0 Å². The highest BCUT2D eigenvalue weighted by atomic mass is 16.5. The van der Waals surface area contributed by atoms with Gasteiger partial charge < -0.3 is 9.30 Å². The number of nitrogens with zero attached hydrogens (tertiary/aromatic N) is 1. The maximum Gasteiger partial charge on any atom is 0.162 e. The van der Waals surface area contributed by atoms with Crippen LogP contribution in [0.3, 0.4) is 0 Å². The number of aryl methyl sites for hydroxylation is 1. The first kappa shape index (κ1) is 14.4. The molecule has 2 aromatic carbocycles. The molecule has 0 amide bonds. The SMILES string of the molecule is COc1ccc2c(c1)c(C(C)=O)c(C)n2-c1ccccc1C. The first-order valence-corrected chi connectivity index (χ1v) is 7.30. The van der Waals surface area contributed by atoms with Crippen LogP contribution in [0.4, 0.5) is 0 Å². The number of hydrogen-bond acceptors (Lipinski definition) is 2. The Kier molecular flexibility index (Phi) is 3.49. The molecule has 0 saturated carbocycles. The average molecular weight is 293 g/mol. The van der Waals surface area contributed by atoms with E-state index in [2.05, 4.69) is 23.6 Å². The Labute approximate surface area is 130 Å². The van der Waals surface area contributed by atoms with Gasteiger partial charge >= 0.3 is 0 Å². The minimum Gasteiger partial charge on any atom is -0.497 e. The fraction of sp³-hybridized carbons (Fsp3) is 0.211. The van der Waals surface area contributed by atoms with Crippen LogP contribution in [-0.4, -0.2) is 17.5 Å². The zero-order valence-corrected chi connectivity index (χ0v) is 13.3. The second kappa shape index (κ2) is 5.34. The monoisotopic (exact) mass is 293 g/mol. The first-order valence-electron chi connectivity index (χ1n) is 7.30. The predicted molar refractivity (Wildman–Crippen MR) is 89.3 cm³/mol. The Morgan fingerprint density at radius 3 is 2.45 bits per heavy atom. The van der Waals surface area contributed by atoms with Gasteiger partial charge in [0.25, 0.3) is 0 Å². The van der Waals surface area contributed by atoms with Crippen LogP contribution in [0.1, 0.15) is 28.5 Å². The second-order valence-electron chi connectivity index (χ2n) is 5.52. The lowest BCUT2D eigenvalue weighted by Crippen LogP contribution is -2.01. The standard InChI is InChI=1S/C19H19NO2/c1-12-7-5-6-8-17(12)20-13(2)19(14(3)21)16-11-15(22-4)9-10-18(16)20/h5-11H,1-4H3. The molecule has 3 rings (SSSR count). The maximum atomic E-state index is 12.2. The van der Waals surface area contributed by atoms with Gasteiger partial charge in [-0.2, -0.15) is 0 Å². The van der Waals surface area contributed by atoms with E-state index in [4.69, 9.17) is 4.74 Å². The summed E-state index contributed by atoms with van der Waals surface area (Å²) in [5.41, 5.74) is 5.02. The van der Waals surface area contributed by atoms with Crippen LogP contribution in [0.15, 0.2) is 42.5 Å². The van der Waals surface area contributed by atoms with Gasteiger partial charge in [0, 0.05) is 22.3 Å². The van der Waals surface area contributed by atoms with E-state index in [0.29, 0.717) is 0 Å². The number of fused-ring (bicyclic) bond motifs is 1. The molecule has 0 aliphatic carbocycles. The lowest BCUT2D eigenvalue weighted by atomic mass is 10.1. The fourth-order valence-corrected chi connectivity index (χ4v) is 3.09. The summed E-state index contributed by atoms with van der Waals surface area (Å²) in [6.45, 7) is 5.69. The molecule has 1 aromatic heterocycles. The highest BCUT2D eigenvalue weighted by Crippen LogP contribution is 2.33. The third-order valence-corrected chi connectivity index (χ3v) is 4.12. The van der Waals surface area contributed by atoms with Gasteiger partial charge in [-0.3, -0.25) is 4.79 Å². The molecule has 0 N–H and O–H groups in total. The summed E-state index contributed by atoms with van der Waals surface area (Å²) >= 11 is 0.